The number of aromatic amines is 1. The van der Waals surface area contributed by atoms with Crippen LogP contribution < -0.4 is 5.32 Å². The Hall–Kier alpha value is -2.71. The van der Waals surface area contributed by atoms with Gasteiger partial charge in [-0.3, -0.25) is 4.79 Å². The van der Waals surface area contributed by atoms with Gasteiger partial charge >= 0.3 is 0 Å². The largest absolute Gasteiger partial charge is 0.349 e. The molecule has 1 aliphatic rings. The van der Waals surface area contributed by atoms with Gasteiger partial charge < -0.3 is 10.3 Å². The van der Waals surface area contributed by atoms with Crippen molar-refractivity contribution in [1.29, 1.82) is 0 Å². The van der Waals surface area contributed by atoms with Gasteiger partial charge in [-0.05, 0) is 62.1 Å². The number of nitrogens with zero attached hydrogens (tertiary/aromatic N) is 2. The second-order valence-electron chi connectivity index (χ2n) is 7.56. The smallest absolute Gasteiger partial charge is 0.251 e. The Kier molecular flexibility index (Phi) is 5.14. The molecule has 0 radical (unpaired) electrons. The van der Waals surface area contributed by atoms with Crippen molar-refractivity contribution in [3.8, 4) is 0 Å². The van der Waals surface area contributed by atoms with Gasteiger partial charge in [0.2, 0.25) is 10.0 Å². The van der Waals surface area contributed by atoms with E-state index in [0.29, 0.717) is 36.4 Å². The lowest BCUT2D eigenvalue weighted by Gasteiger charge is -2.32. The number of H-pyrrole nitrogens is 1. The molecule has 2 heterocycles. The normalized spacial score (nSPS) is 16.2. The number of carbonyl (C=O) groups is 1. The predicted octanol–water partition coefficient (Wildman–Crippen LogP) is 2.76. The lowest BCUT2D eigenvalue weighted by Crippen LogP contribution is -2.46. The third-order valence-electron chi connectivity index (χ3n) is 5.43. The van der Waals surface area contributed by atoms with E-state index < -0.39 is 10.0 Å². The number of carbonyl (C=O) groups excluding carboxylic acids is 1. The van der Waals surface area contributed by atoms with Crippen molar-refractivity contribution in [3.63, 3.8) is 0 Å². The fourth-order valence-corrected chi connectivity index (χ4v) is 5.49. The van der Waals surface area contributed by atoms with Crippen LogP contribution in [0.25, 0.3) is 11.0 Å². The quantitative estimate of drug-likeness (QED) is 0.689. The van der Waals surface area contributed by atoms with Crippen LogP contribution in [0.2, 0.25) is 0 Å². The van der Waals surface area contributed by atoms with Gasteiger partial charge in [-0.15, -0.1) is 0 Å². The maximum atomic E-state index is 13.0. The SMILES string of the molecule is Cc1ccc(C)c(S(=O)(=O)N2CCC(NC(=O)c3ccc4nc[nH]c4c3)CC2)c1. The molecular formula is C21H24N4O3S. The van der Waals surface area contributed by atoms with E-state index in [4.69, 9.17) is 0 Å². The number of nitrogens with one attached hydrogen (secondary N) is 2. The van der Waals surface area contributed by atoms with Gasteiger partial charge in [-0.1, -0.05) is 12.1 Å². The molecule has 0 spiro atoms. The molecule has 7 nitrogen and oxygen atoms in total. The third-order valence-corrected chi connectivity index (χ3v) is 7.47. The van der Waals surface area contributed by atoms with Crippen molar-refractivity contribution in [2.75, 3.05) is 13.1 Å². The summed E-state index contributed by atoms with van der Waals surface area (Å²) in [7, 11) is -3.53. The van der Waals surface area contributed by atoms with Crippen LogP contribution in [0.5, 0.6) is 0 Å². The summed E-state index contributed by atoms with van der Waals surface area (Å²) in [6.07, 6.45) is 2.77. The first-order valence-corrected chi connectivity index (χ1v) is 11.1. The molecule has 2 N–H and O–H groups in total. The molecule has 1 aliphatic heterocycles. The fourth-order valence-electron chi connectivity index (χ4n) is 3.71. The van der Waals surface area contributed by atoms with Gasteiger partial charge in [0.05, 0.1) is 22.3 Å². The first-order chi connectivity index (χ1) is 13.8. The van der Waals surface area contributed by atoms with Crippen LogP contribution in [-0.2, 0) is 10.0 Å². The zero-order valence-electron chi connectivity index (χ0n) is 16.5. The molecule has 0 bridgehead atoms. The van der Waals surface area contributed by atoms with Crippen LogP contribution in [0, 0.1) is 13.8 Å². The van der Waals surface area contributed by atoms with Crippen LogP contribution in [0.3, 0.4) is 0 Å². The molecule has 3 aromatic rings. The fraction of sp³-hybridized carbons (Fsp3) is 0.333. The molecule has 1 aromatic heterocycles. The zero-order chi connectivity index (χ0) is 20.6. The third kappa shape index (κ3) is 3.90. The number of aryl methyl sites for hydroxylation is 2. The second-order valence-corrected chi connectivity index (χ2v) is 9.46. The number of rotatable bonds is 4. The summed E-state index contributed by atoms with van der Waals surface area (Å²) in [6, 6.07) is 10.8. The Morgan fingerprint density at radius 1 is 1.14 bits per heavy atom. The van der Waals surface area contributed by atoms with Gasteiger partial charge in [-0.25, -0.2) is 13.4 Å². The Morgan fingerprint density at radius 2 is 1.90 bits per heavy atom. The topological polar surface area (TPSA) is 95.2 Å². The Balaban J connectivity index is 1.41. The molecule has 0 aliphatic carbocycles. The molecular weight excluding hydrogens is 388 g/mol. The van der Waals surface area contributed by atoms with E-state index in [2.05, 4.69) is 15.3 Å². The summed E-state index contributed by atoms with van der Waals surface area (Å²) < 4.78 is 27.6. The Labute approximate surface area is 170 Å². The number of fused-ring (bicyclic) bond motifs is 1. The summed E-state index contributed by atoms with van der Waals surface area (Å²) in [5.41, 5.74) is 3.86. The molecule has 29 heavy (non-hydrogen) atoms. The highest BCUT2D eigenvalue weighted by Gasteiger charge is 2.31. The van der Waals surface area contributed by atoms with E-state index in [0.717, 1.165) is 22.2 Å². The highest BCUT2D eigenvalue weighted by Crippen LogP contribution is 2.24. The summed E-state index contributed by atoms with van der Waals surface area (Å²) in [6.45, 7) is 4.48. The van der Waals surface area contributed by atoms with Crippen LogP contribution >= 0.6 is 0 Å². The minimum Gasteiger partial charge on any atom is -0.349 e. The molecule has 0 atom stereocenters. The molecule has 1 saturated heterocycles. The van der Waals surface area contributed by atoms with E-state index in [1.54, 1.807) is 30.6 Å². The number of imidazole rings is 1. The first kappa shape index (κ1) is 19.6. The molecule has 8 heteroatoms. The van der Waals surface area contributed by atoms with Crippen LogP contribution in [0.1, 0.15) is 34.3 Å². The van der Waals surface area contributed by atoms with Crippen LogP contribution in [0.15, 0.2) is 47.6 Å². The summed E-state index contributed by atoms with van der Waals surface area (Å²) in [4.78, 5) is 20.1. The maximum Gasteiger partial charge on any atom is 0.251 e. The molecule has 2 aromatic carbocycles. The first-order valence-electron chi connectivity index (χ1n) is 9.66. The van der Waals surface area contributed by atoms with Gasteiger partial charge in [-0.2, -0.15) is 4.31 Å². The lowest BCUT2D eigenvalue weighted by atomic mass is 10.1. The van der Waals surface area contributed by atoms with Crippen LogP contribution in [0.4, 0.5) is 0 Å². The predicted molar refractivity (Wildman–Crippen MR) is 111 cm³/mol. The molecule has 1 fully saturated rings. The number of amides is 1. The van der Waals surface area contributed by atoms with Crippen molar-refractivity contribution < 1.29 is 13.2 Å². The van der Waals surface area contributed by atoms with E-state index in [-0.39, 0.29) is 11.9 Å². The van der Waals surface area contributed by atoms with Crippen LogP contribution in [-0.4, -0.2) is 47.7 Å². The van der Waals surface area contributed by atoms with Crippen molar-refractivity contribution in [3.05, 3.63) is 59.4 Å². The number of benzene rings is 2. The molecule has 0 unspecified atom stereocenters. The standard InChI is InChI=1S/C21H24N4O3S/c1-14-3-4-15(2)20(11-14)29(27,28)25-9-7-17(8-10-25)24-21(26)16-5-6-18-19(12-16)23-13-22-18/h3-6,11-13,17H,7-10H2,1-2H3,(H,22,23)(H,24,26). The number of hydrogen-bond donors (Lipinski definition) is 2. The number of piperidine rings is 1. The molecule has 152 valence electrons. The Bertz CT molecular complexity index is 1160. The highest BCUT2D eigenvalue weighted by molar-refractivity contribution is 7.89. The van der Waals surface area contributed by atoms with Crippen molar-refractivity contribution in [2.45, 2.75) is 37.6 Å². The van der Waals surface area contributed by atoms with Crippen molar-refractivity contribution >= 4 is 27.0 Å². The Morgan fingerprint density at radius 3 is 2.66 bits per heavy atom. The minimum atomic E-state index is -3.53. The molecule has 1 amide bonds. The number of aromatic nitrogens is 2. The van der Waals surface area contributed by atoms with Gasteiger partial charge in [0, 0.05) is 24.7 Å². The average molecular weight is 413 g/mol. The average Bonchev–Trinajstić information content (AvgIpc) is 3.18. The molecule has 4 rings (SSSR count). The van der Waals surface area contributed by atoms with Gasteiger partial charge in [0.25, 0.3) is 5.91 Å². The minimum absolute atomic E-state index is 0.0509. The van der Waals surface area contributed by atoms with Gasteiger partial charge in [0.15, 0.2) is 0 Å². The summed E-state index contributed by atoms with van der Waals surface area (Å²) >= 11 is 0. The van der Waals surface area contributed by atoms with E-state index in [9.17, 15) is 13.2 Å². The monoisotopic (exact) mass is 412 g/mol. The van der Waals surface area contributed by atoms with E-state index in [1.165, 1.54) is 4.31 Å². The summed E-state index contributed by atoms with van der Waals surface area (Å²) in [5, 5.41) is 3.03. The molecule has 0 saturated carbocycles. The van der Waals surface area contributed by atoms with E-state index >= 15 is 0 Å². The zero-order valence-corrected chi connectivity index (χ0v) is 17.3. The lowest BCUT2D eigenvalue weighted by molar-refractivity contribution is 0.0924. The van der Waals surface area contributed by atoms with Crippen molar-refractivity contribution in [2.24, 2.45) is 0 Å². The second kappa shape index (κ2) is 7.61. The van der Waals surface area contributed by atoms with Crippen molar-refractivity contribution in [1.82, 2.24) is 19.6 Å². The highest BCUT2D eigenvalue weighted by atomic mass is 32.2. The number of sulfonamides is 1. The van der Waals surface area contributed by atoms with E-state index in [1.807, 2.05) is 26.0 Å². The summed E-state index contributed by atoms with van der Waals surface area (Å²) in [5.74, 6) is -0.155. The maximum absolute atomic E-state index is 13.0. The van der Waals surface area contributed by atoms with Gasteiger partial charge in [0.1, 0.15) is 0 Å². The number of hydrogen-bond acceptors (Lipinski definition) is 4.